The molecule has 4 rings (SSSR count). The molecule has 26 heavy (non-hydrogen) atoms. The quantitative estimate of drug-likeness (QED) is 0.449. The van der Waals surface area contributed by atoms with Gasteiger partial charge >= 0.3 is 0 Å². The smallest absolute Gasteiger partial charge is 0.137 e. The van der Waals surface area contributed by atoms with E-state index in [1.807, 2.05) is 78.9 Å². The van der Waals surface area contributed by atoms with Crippen molar-refractivity contribution in [2.45, 2.75) is 0 Å². The van der Waals surface area contributed by atoms with E-state index in [4.69, 9.17) is 25.7 Å². The number of benzene rings is 3. The molecule has 0 saturated heterocycles. The van der Waals surface area contributed by atoms with Gasteiger partial charge in [0.2, 0.25) is 0 Å². The Bertz CT molecular complexity index is 1120. The van der Waals surface area contributed by atoms with Crippen LogP contribution in [-0.4, -0.2) is 7.11 Å². The Morgan fingerprint density at radius 2 is 1.65 bits per heavy atom. The van der Waals surface area contributed by atoms with E-state index in [1.165, 1.54) is 0 Å². The van der Waals surface area contributed by atoms with Gasteiger partial charge in [-0.3, -0.25) is 0 Å². The lowest BCUT2D eigenvalue weighted by molar-refractivity contribution is 0.415. The van der Waals surface area contributed by atoms with Crippen LogP contribution in [0.5, 0.6) is 5.75 Å². The van der Waals surface area contributed by atoms with Crippen LogP contribution in [0.15, 0.2) is 88.3 Å². The molecule has 0 saturated carbocycles. The van der Waals surface area contributed by atoms with Gasteiger partial charge in [-0.2, -0.15) is 0 Å². The number of fused-ring (bicyclic) bond motifs is 1. The van der Waals surface area contributed by atoms with Crippen LogP contribution in [0.1, 0.15) is 0 Å². The van der Waals surface area contributed by atoms with Crippen LogP contribution < -0.4 is 10.1 Å². The highest BCUT2D eigenvalue weighted by Crippen LogP contribution is 2.26. The molecule has 0 amide bonds. The van der Waals surface area contributed by atoms with E-state index in [0.717, 1.165) is 39.1 Å². The van der Waals surface area contributed by atoms with Crippen molar-refractivity contribution in [1.82, 2.24) is 0 Å². The average Bonchev–Trinajstić information content (AvgIpc) is 2.69. The topological polar surface area (TPSA) is 34.7 Å². The van der Waals surface area contributed by atoms with Crippen molar-refractivity contribution in [2.24, 2.45) is 4.99 Å². The maximum absolute atomic E-state index is 6.11. The third-order valence-corrected chi connectivity index (χ3v) is 4.34. The summed E-state index contributed by atoms with van der Waals surface area (Å²) in [7, 11) is 1.65. The third-order valence-electron chi connectivity index (χ3n) is 4.08. The van der Waals surface area contributed by atoms with Crippen molar-refractivity contribution in [3.8, 4) is 17.1 Å². The molecule has 1 aromatic heterocycles. The van der Waals surface area contributed by atoms with Crippen molar-refractivity contribution in [3.05, 3.63) is 89.2 Å². The van der Waals surface area contributed by atoms with Crippen LogP contribution in [0, 0.1) is 0 Å². The van der Waals surface area contributed by atoms with Crippen LogP contribution in [0.4, 0.5) is 5.69 Å². The number of nitrogens with zero attached hydrogens (tertiary/aromatic N) is 1. The van der Waals surface area contributed by atoms with Crippen molar-refractivity contribution >= 4 is 28.3 Å². The second-order valence-electron chi connectivity index (χ2n) is 5.81. The molecule has 0 aliphatic carbocycles. The van der Waals surface area contributed by atoms with E-state index in [0.29, 0.717) is 5.02 Å². The fraction of sp³-hybridized carbons (Fsp3) is 0.0455. The van der Waals surface area contributed by atoms with E-state index < -0.39 is 0 Å². The van der Waals surface area contributed by atoms with E-state index in [2.05, 4.69) is 0 Å². The second-order valence-corrected chi connectivity index (χ2v) is 6.25. The number of hydrogen-bond acceptors (Lipinski definition) is 3. The molecule has 0 N–H and O–H groups in total. The highest BCUT2D eigenvalue weighted by Gasteiger charge is 2.07. The standard InChI is InChI=1S/C22H16ClNO2/c1-25-18-11-12-21-19(13-18)20(24-17-5-3-2-4-6-17)14-22(26-21)15-7-9-16(23)10-8-15/h2-14H,1H3. The van der Waals surface area contributed by atoms with Gasteiger partial charge in [0.1, 0.15) is 17.1 Å². The lowest BCUT2D eigenvalue weighted by Gasteiger charge is -2.07. The molecule has 0 aliphatic heterocycles. The van der Waals surface area contributed by atoms with Crippen LogP contribution >= 0.6 is 11.6 Å². The van der Waals surface area contributed by atoms with E-state index in [-0.39, 0.29) is 0 Å². The summed E-state index contributed by atoms with van der Waals surface area (Å²) in [4.78, 5) is 4.81. The third kappa shape index (κ3) is 3.35. The van der Waals surface area contributed by atoms with Gasteiger partial charge in [-0.25, -0.2) is 4.99 Å². The normalized spacial score (nSPS) is 11.7. The van der Waals surface area contributed by atoms with Crippen LogP contribution in [0.25, 0.3) is 22.3 Å². The van der Waals surface area contributed by atoms with Crippen molar-refractivity contribution in [1.29, 1.82) is 0 Å². The highest BCUT2D eigenvalue weighted by atomic mass is 35.5. The largest absolute Gasteiger partial charge is 0.497 e. The minimum atomic E-state index is 0.688. The molecule has 0 bridgehead atoms. The summed E-state index contributed by atoms with van der Waals surface area (Å²) in [6, 6.07) is 25.1. The summed E-state index contributed by atoms with van der Waals surface area (Å²) in [5.41, 5.74) is 2.56. The zero-order chi connectivity index (χ0) is 17.9. The van der Waals surface area contributed by atoms with Crippen molar-refractivity contribution < 1.29 is 9.15 Å². The monoisotopic (exact) mass is 361 g/mol. The van der Waals surface area contributed by atoms with Gasteiger partial charge < -0.3 is 9.15 Å². The Morgan fingerprint density at radius 1 is 0.885 bits per heavy atom. The molecule has 4 heteroatoms. The van der Waals surface area contributed by atoms with Crippen LogP contribution in [0.3, 0.4) is 0 Å². The molecule has 0 atom stereocenters. The molecule has 128 valence electrons. The summed E-state index contributed by atoms with van der Waals surface area (Å²) in [5.74, 6) is 1.49. The van der Waals surface area contributed by atoms with Gasteiger partial charge in [-0.1, -0.05) is 29.8 Å². The summed E-state index contributed by atoms with van der Waals surface area (Å²) in [6.07, 6.45) is 0. The Hall–Kier alpha value is -3.04. The zero-order valence-corrected chi connectivity index (χ0v) is 14.9. The fourth-order valence-corrected chi connectivity index (χ4v) is 2.89. The van der Waals surface area contributed by atoms with E-state index in [9.17, 15) is 0 Å². The number of ether oxygens (including phenoxy) is 1. The van der Waals surface area contributed by atoms with Crippen molar-refractivity contribution in [3.63, 3.8) is 0 Å². The van der Waals surface area contributed by atoms with Crippen LogP contribution in [0.2, 0.25) is 5.02 Å². The predicted molar refractivity (Wildman–Crippen MR) is 105 cm³/mol. The van der Waals surface area contributed by atoms with Gasteiger partial charge in [0.15, 0.2) is 0 Å². The molecular weight excluding hydrogens is 346 g/mol. The lowest BCUT2D eigenvalue weighted by atomic mass is 10.1. The second kappa shape index (κ2) is 7.06. The summed E-state index contributed by atoms with van der Waals surface area (Å²) < 4.78 is 11.5. The molecule has 0 aliphatic rings. The first-order valence-corrected chi connectivity index (χ1v) is 8.58. The summed E-state index contributed by atoms with van der Waals surface area (Å²) in [5, 5.41) is 2.40. The minimum absolute atomic E-state index is 0.688. The number of methoxy groups -OCH3 is 1. The predicted octanol–water partition coefficient (Wildman–Crippen LogP) is 5.99. The Balaban J connectivity index is 1.99. The fourth-order valence-electron chi connectivity index (χ4n) is 2.77. The molecule has 3 nitrogen and oxygen atoms in total. The highest BCUT2D eigenvalue weighted by molar-refractivity contribution is 6.30. The number of rotatable bonds is 3. The van der Waals surface area contributed by atoms with Gasteiger partial charge in [-0.05, 0) is 54.6 Å². The Morgan fingerprint density at radius 3 is 2.38 bits per heavy atom. The zero-order valence-electron chi connectivity index (χ0n) is 14.1. The maximum atomic E-state index is 6.11. The molecular formula is C22H16ClNO2. The first-order chi connectivity index (χ1) is 12.7. The first-order valence-electron chi connectivity index (χ1n) is 8.20. The van der Waals surface area contributed by atoms with E-state index in [1.54, 1.807) is 7.11 Å². The Labute approximate surface area is 156 Å². The van der Waals surface area contributed by atoms with Gasteiger partial charge in [0, 0.05) is 22.0 Å². The molecule has 0 unspecified atom stereocenters. The number of para-hydroxylation sites is 1. The Kier molecular flexibility index (Phi) is 4.46. The number of halogens is 1. The molecule has 1 heterocycles. The maximum Gasteiger partial charge on any atom is 0.137 e. The van der Waals surface area contributed by atoms with Gasteiger partial charge in [-0.15, -0.1) is 0 Å². The van der Waals surface area contributed by atoms with Gasteiger partial charge in [0.25, 0.3) is 0 Å². The summed E-state index contributed by atoms with van der Waals surface area (Å²) >= 11 is 6.00. The first kappa shape index (κ1) is 16.4. The molecule has 0 fully saturated rings. The molecule has 4 aromatic rings. The van der Waals surface area contributed by atoms with E-state index >= 15 is 0 Å². The SMILES string of the molecule is COc1ccc2oc(-c3ccc(Cl)cc3)cc(=Nc3ccccc3)c2c1. The van der Waals surface area contributed by atoms with Crippen LogP contribution in [-0.2, 0) is 0 Å². The minimum Gasteiger partial charge on any atom is -0.497 e. The summed E-state index contributed by atoms with van der Waals surface area (Å²) in [6.45, 7) is 0. The van der Waals surface area contributed by atoms with Crippen molar-refractivity contribution in [2.75, 3.05) is 7.11 Å². The molecule has 0 spiro atoms. The lowest BCUT2D eigenvalue weighted by Crippen LogP contribution is -2.03. The average molecular weight is 362 g/mol. The molecule has 3 aromatic carbocycles. The molecule has 0 radical (unpaired) electrons. The van der Waals surface area contributed by atoms with Gasteiger partial charge in [0.05, 0.1) is 18.2 Å². The number of hydrogen-bond donors (Lipinski definition) is 0.